The van der Waals surface area contributed by atoms with E-state index in [0.717, 1.165) is 0 Å². The van der Waals surface area contributed by atoms with E-state index in [0.29, 0.717) is 5.95 Å². The van der Waals surface area contributed by atoms with E-state index in [9.17, 15) is 4.79 Å². The molecular weight excluding hydrogens is 143 g/mol. The zero-order valence-electron chi connectivity index (χ0n) is 6.11. The number of aromatic nitrogens is 3. The molecule has 1 heterocycles. The summed E-state index contributed by atoms with van der Waals surface area (Å²) in [5, 5.41) is 6.23. The number of anilines is 1. The number of hydrogen-bond acceptors (Lipinski definition) is 3. The van der Waals surface area contributed by atoms with E-state index in [1.807, 2.05) is 0 Å². The molecule has 0 radical (unpaired) electrons. The van der Waals surface area contributed by atoms with Gasteiger partial charge in [0.25, 0.3) is 0 Å². The van der Waals surface area contributed by atoms with E-state index < -0.39 is 0 Å². The normalized spacial score (nSPS) is 8.82. The third-order valence-electron chi connectivity index (χ3n) is 1.13. The Morgan fingerprint density at radius 3 is 3.09 bits per heavy atom. The standard InChI is InChI=1S/C5H7BN4O/c1-3-4(11)7-5-8-6-9-10(5)2/h3H,1H2,2H3,(H,7,8,11). The van der Waals surface area contributed by atoms with Gasteiger partial charge in [-0.1, -0.05) is 0 Å². The molecule has 1 aromatic heterocycles. The van der Waals surface area contributed by atoms with Crippen molar-refractivity contribution in [1.82, 2.24) is 14.6 Å². The summed E-state index contributed by atoms with van der Waals surface area (Å²) in [6, 6.07) is 0. The molecule has 11 heavy (non-hydrogen) atoms. The van der Waals surface area contributed by atoms with Crippen LogP contribution in [0.2, 0.25) is 0 Å². The van der Waals surface area contributed by atoms with Crippen molar-refractivity contribution < 1.29 is 4.79 Å². The molecule has 1 aromatic rings. The van der Waals surface area contributed by atoms with Gasteiger partial charge in [-0.05, 0) is 0 Å². The first kappa shape index (κ1) is 7.65. The van der Waals surface area contributed by atoms with Crippen LogP contribution in [0.5, 0.6) is 0 Å². The van der Waals surface area contributed by atoms with Gasteiger partial charge in [0.2, 0.25) is 0 Å². The molecule has 0 aromatic carbocycles. The molecule has 5 nitrogen and oxygen atoms in total. The van der Waals surface area contributed by atoms with Gasteiger partial charge in [0.1, 0.15) is 0 Å². The zero-order chi connectivity index (χ0) is 8.27. The van der Waals surface area contributed by atoms with Gasteiger partial charge in [-0.3, -0.25) is 0 Å². The molecule has 1 N–H and O–H groups in total. The van der Waals surface area contributed by atoms with Crippen molar-refractivity contribution >= 4 is 19.1 Å². The van der Waals surface area contributed by atoms with Crippen LogP contribution in [0.3, 0.4) is 0 Å². The molecule has 0 aliphatic heterocycles. The Bertz CT molecular complexity index is 282. The van der Waals surface area contributed by atoms with Crippen LogP contribution in [0, 0.1) is 0 Å². The second kappa shape index (κ2) is 3.09. The van der Waals surface area contributed by atoms with Gasteiger partial charge in [-0.2, -0.15) is 0 Å². The molecule has 0 spiro atoms. The summed E-state index contributed by atoms with van der Waals surface area (Å²) in [5.74, 6) is 0.121. The maximum atomic E-state index is 10.7. The summed E-state index contributed by atoms with van der Waals surface area (Å²) in [6.45, 7) is 3.30. The number of carbonyl (C=O) groups is 1. The molecule has 0 unspecified atom stereocenters. The molecular formula is C5H7BN4O. The van der Waals surface area contributed by atoms with Gasteiger partial charge in [-0.15, -0.1) is 0 Å². The van der Waals surface area contributed by atoms with Crippen molar-refractivity contribution in [1.29, 1.82) is 0 Å². The number of hydrogen-bond donors (Lipinski definition) is 1. The van der Waals surface area contributed by atoms with Gasteiger partial charge in [0.05, 0.1) is 0 Å². The summed E-state index contributed by atoms with van der Waals surface area (Å²) in [7, 11) is 3.05. The van der Waals surface area contributed by atoms with Gasteiger partial charge < -0.3 is 0 Å². The molecule has 0 atom stereocenters. The van der Waals surface area contributed by atoms with Crippen LogP contribution < -0.4 is 5.32 Å². The van der Waals surface area contributed by atoms with E-state index in [1.54, 1.807) is 7.05 Å². The third-order valence-corrected chi connectivity index (χ3v) is 1.13. The van der Waals surface area contributed by atoms with Crippen molar-refractivity contribution in [2.24, 2.45) is 7.05 Å². The third kappa shape index (κ3) is 1.73. The molecule has 1 amide bonds. The van der Waals surface area contributed by atoms with Gasteiger partial charge in [0, 0.05) is 0 Å². The number of rotatable bonds is 2. The number of carbonyl (C=O) groups excluding carboxylic acids is 1. The van der Waals surface area contributed by atoms with E-state index in [-0.39, 0.29) is 5.91 Å². The summed E-state index contributed by atoms with van der Waals surface area (Å²) in [4.78, 5) is 14.5. The number of nitrogens with one attached hydrogen (secondary N) is 1. The quantitative estimate of drug-likeness (QED) is 0.565. The fourth-order valence-corrected chi connectivity index (χ4v) is 0.571. The Balaban J connectivity index is 2.71. The fraction of sp³-hybridized carbons (Fsp3) is 0.200. The molecule has 0 bridgehead atoms. The van der Waals surface area contributed by atoms with Crippen molar-refractivity contribution in [2.45, 2.75) is 0 Å². The van der Waals surface area contributed by atoms with E-state index >= 15 is 0 Å². The molecule has 0 saturated carbocycles. The second-order valence-electron chi connectivity index (χ2n) is 1.90. The molecule has 56 valence electrons. The number of nitrogens with zero attached hydrogens (tertiary/aromatic N) is 3. The van der Waals surface area contributed by atoms with Crippen molar-refractivity contribution in [3.8, 4) is 0 Å². The van der Waals surface area contributed by atoms with E-state index in [1.165, 1.54) is 18.0 Å². The average Bonchev–Trinajstić information content (AvgIpc) is 2.37. The van der Waals surface area contributed by atoms with Crippen LogP contribution in [0.4, 0.5) is 5.95 Å². The van der Waals surface area contributed by atoms with Gasteiger partial charge in [0.15, 0.2) is 0 Å². The topological polar surface area (TPSA) is 59.8 Å². The molecule has 0 aliphatic carbocycles. The second-order valence-corrected chi connectivity index (χ2v) is 1.90. The van der Waals surface area contributed by atoms with Crippen LogP contribution in [0.15, 0.2) is 12.7 Å². The van der Waals surface area contributed by atoms with E-state index in [2.05, 4.69) is 21.8 Å². The van der Waals surface area contributed by atoms with Gasteiger partial charge >= 0.3 is 63.4 Å². The first-order valence-electron chi connectivity index (χ1n) is 3.01. The molecule has 0 saturated heterocycles. The van der Waals surface area contributed by atoms with Crippen LogP contribution in [-0.2, 0) is 11.8 Å². The van der Waals surface area contributed by atoms with Gasteiger partial charge in [-0.25, -0.2) is 0 Å². The van der Waals surface area contributed by atoms with Crippen LogP contribution in [0.25, 0.3) is 0 Å². The SMILES string of the molecule is C=CC(=O)Nc1nbnn1C. The Morgan fingerprint density at radius 1 is 1.91 bits per heavy atom. The summed E-state index contributed by atoms with van der Waals surface area (Å²) in [5.41, 5.74) is 0. The molecule has 0 fully saturated rings. The van der Waals surface area contributed by atoms with Crippen LogP contribution in [0.1, 0.15) is 0 Å². The summed E-state index contributed by atoms with van der Waals surface area (Å²) >= 11 is 0. The Hall–Kier alpha value is -1.46. The Morgan fingerprint density at radius 2 is 2.64 bits per heavy atom. The van der Waals surface area contributed by atoms with Crippen molar-refractivity contribution in [2.75, 3.05) is 5.32 Å². The van der Waals surface area contributed by atoms with Crippen molar-refractivity contribution in [3.63, 3.8) is 0 Å². The minimum atomic E-state index is -0.291. The monoisotopic (exact) mass is 150 g/mol. The molecule has 6 heteroatoms. The predicted octanol–water partition coefficient (Wildman–Crippen LogP) is -0.722. The van der Waals surface area contributed by atoms with E-state index in [4.69, 9.17) is 0 Å². The average molecular weight is 150 g/mol. The Labute approximate surface area is 64.4 Å². The van der Waals surface area contributed by atoms with Crippen LogP contribution in [-0.4, -0.2) is 27.7 Å². The zero-order valence-corrected chi connectivity index (χ0v) is 6.11. The van der Waals surface area contributed by atoms with Crippen LogP contribution >= 0.6 is 0 Å². The summed E-state index contributed by atoms with van der Waals surface area (Å²) in [6.07, 6.45) is 1.18. The number of aryl methyl sites for hydroxylation is 1. The molecule has 0 aliphatic rings. The first-order valence-corrected chi connectivity index (χ1v) is 3.01. The number of amides is 1. The predicted molar refractivity (Wildman–Crippen MR) is 41.2 cm³/mol. The first-order chi connectivity index (χ1) is 5.24. The Kier molecular flexibility index (Phi) is 2.15. The molecule has 1 rings (SSSR count). The summed E-state index contributed by atoms with van der Waals surface area (Å²) < 4.78 is 1.46. The minimum absolute atomic E-state index is 0.291. The maximum absolute atomic E-state index is 10.7. The fourth-order valence-electron chi connectivity index (χ4n) is 0.571. The van der Waals surface area contributed by atoms with Crippen molar-refractivity contribution in [3.05, 3.63) is 12.7 Å².